The molecule has 28 heavy (non-hydrogen) atoms. The molecule has 2 aromatic carbocycles. The Labute approximate surface area is 162 Å². The smallest absolute Gasteiger partial charge is 0.261 e. The molecule has 0 atom stereocenters. The predicted octanol–water partition coefficient (Wildman–Crippen LogP) is 3.00. The number of rotatable bonds is 6. The Bertz CT molecular complexity index is 985. The molecule has 0 radical (unpaired) electrons. The minimum absolute atomic E-state index is 0.0595. The van der Waals surface area contributed by atoms with Gasteiger partial charge < -0.3 is 14.4 Å². The first kappa shape index (κ1) is 18.0. The van der Waals surface area contributed by atoms with Crippen molar-refractivity contribution in [1.29, 1.82) is 0 Å². The van der Waals surface area contributed by atoms with Crippen molar-refractivity contribution in [3.63, 3.8) is 0 Å². The Morgan fingerprint density at radius 1 is 1.11 bits per heavy atom. The molecule has 1 aromatic heterocycles. The molecule has 0 spiro atoms. The molecule has 1 amide bonds. The zero-order chi connectivity index (χ0) is 19.5. The van der Waals surface area contributed by atoms with Gasteiger partial charge in [-0.1, -0.05) is 24.3 Å². The zero-order valence-electron chi connectivity index (χ0n) is 15.5. The molecular formula is C21H20FN3O3. The minimum atomic E-state index is -0.263. The summed E-state index contributed by atoms with van der Waals surface area (Å²) in [7, 11) is 1.56. The van der Waals surface area contributed by atoms with Crippen LogP contribution in [-0.2, 0) is 24.4 Å². The molecule has 1 aliphatic heterocycles. The van der Waals surface area contributed by atoms with E-state index in [0.717, 1.165) is 16.8 Å². The maximum atomic E-state index is 13.1. The summed E-state index contributed by atoms with van der Waals surface area (Å²) in [4.78, 5) is 14.3. The Morgan fingerprint density at radius 2 is 1.86 bits per heavy atom. The third-order valence-corrected chi connectivity index (χ3v) is 4.76. The summed E-state index contributed by atoms with van der Waals surface area (Å²) in [6, 6.07) is 13.6. The molecular weight excluding hydrogens is 361 g/mol. The van der Waals surface area contributed by atoms with Crippen molar-refractivity contribution in [3.05, 3.63) is 77.4 Å². The van der Waals surface area contributed by atoms with Gasteiger partial charge in [0.2, 0.25) is 0 Å². The Hall–Kier alpha value is -3.35. The number of methoxy groups -OCH3 is 1. The van der Waals surface area contributed by atoms with Crippen molar-refractivity contribution in [2.24, 2.45) is 0 Å². The molecule has 6 nitrogen and oxygen atoms in total. The SMILES string of the molecule is COc1ccccc1OCC(=O)N1Cc2cnn(Cc3ccc(F)cc3)c2C1. The van der Waals surface area contributed by atoms with Crippen LogP contribution >= 0.6 is 0 Å². The third kappa shape index (κ3) is 3.69. The van der Waals surface area contributed by atoms with Crippen LogP contribution in [0.25, 0.3) is 0 Å². The second-order valence-electron chi connectivity index (χ2n) is 6.59. The van der Waals surface area contributed by atoms with Gasteiger partial charge in [-0.25, -0.2) is 4.39 Å². The maximum absolute atomic E-state index is 13.1. The number of para-hydroxylation sites is 2. The normalized spacial score (nSPS) is 12.7. The highest BCUT2D eigenvalue weighted by Gasteiger charge is 2.27. The average Bonchev–Trinajstić information content (AvgIpc) is 3.30. The third-order valence-electron chi connectivity index (χ3n) is 4.76. The fraction of sp³-hybridized carbons (Fsp3) is 0.238. The summed E-state index contributed by atoms with van der Waals surface area (Å²) in [5.41, 5.74) is 2.97. The number of ether oxygens (including phenoxy) is 2. The van der Waals surface area contributed by atoms with E-state index in [2.05, 4.69) is 5.10 Å². The summed E-state index contributed by atoms with van der Waals surface area (Å²) in [5.74, 6) is 0.768. The number of amides is 1. The zero-order valence-corrected chi connectivity index (χ0v) is 15.5. The first-order valence-corrected chi connectivity index (χ1v) is 8.95. The number of benzene rings is 2. The summed E-state index contributed by atoms with van der Waals surface area (Å²) in [6.07, 6.45) is 1.78. The first-order chi connectivity index (χ1) is 13.6. The van der Waals surface area contributed by atoms with Crippen molar-refractivity contribution < 1.29 is 18.7 Å². The van der Waals surface area contributed by atoms with Gasteiger partial charge in [0.05, 0.1) is 32.1 Å². The van der Waals surface area contributed by atoms with Crippen LogP contribution in [0.2, 0.25) is 0 Å². The minimum Gasteiger partial charge on any atom is -0.493 e. The van der Waals surface area contributed by atoms with Crippen molar-refractivity contribution in [3.8, 4) is 11.5 Å². The van der Waals surface area contributed by atoms with Gasteiger partial charge in [-0.2, -0.15) is 5.10 Å². The van der Waals surface area contributed by atoms with Crippen LogP contribution in [0.5, 0.6) is 11.5 Å². The molecule has 0 bridgehead atoms. The second kappa shape index (κ2) is 7.72. The van der Waals surface area contributed by atoms with E-state index in [1.54, 1.807) is 42.5 Å². The molecule has 1 aliphatic rings. The maximum Gasteiger partial charge on any atom is 0.261 e. The number of hydrogen-bond acceptors (Lipinski definition) is 4. The van der Waals surface area contributed by atoms with Crippen LogP contribution in [0.1, 0.15) is 16.8 Å². The lowest BCUT2D eigenvalue weighted by Crippen LogP contribution is -2.31. The van der Waals surface area contributed by atoms with E-state index in [-0.39, 0.29) is 18.3 Å². The molecule has 0 fully saturated rings. The van der Waals surface area contributed by atoms with Gasteiger partial charge in [0.15, 0.2) is 18.1 Å². The van der Waals surface area contributed by atoms with Crippen LogP contribution in [0, 0.1) is 5.82 Å². The van der Waals surface area contributed by atoms with Gasteiger partial charge in [-0.05, 0) is 29.8 Å². The van der Waals surface area contributed by atoms with Gasteiger partial charge in [-0.15, -0.1) is 0 Å². The van der Waals surface area contributed by atoms with Crippen LogP contribution in [0.3, 0.4) is 0 Å². The van der Waals surface area contributed by atoms with Gasteiger partial charge in [0.25, 0.3) is 5.91 Å². The van der Waals surface area contributed by atoms with Crippen molar-refractivity contribution in [2.45, 2.75) is 19.6 Å². The second-order valence-corrected chi connectivity index (χ2v) is 6.59. The summed E-state index contributed by atoms with van der Waals surface area (Å²) in [5, 5.41) is 4.40. The molecule has 144 valence electrons. The van der Waals surface area contributed by atoms with E-state index in [0.29, 0.717) is 31.1 Å². The Kier molecular flexibility index (Phi) is 4.97. The van der Waals surface area contributed by atoms with Crippen LogP contribution in [0.4, 0.5) is 4.39 Å². The molecule has 2 heterocycles. The Balaban J connectivity index is 1.39. The highest BCUT2D eigenvalue weighted by molar-refractivity contribution is 5.78. The highest BCUT2D eigenvalue weighted by atomic mass is 19.1. The fourth-order valence-corrected chi connectivity index (χ4v) is 3.25. The van der Waals surface area contributed by atoms with Gasteiger partial charge >= 0.3 is 0 Å². The van der Waals surface area contributed by atoms with Gasteiger partial charge in [0.1, 0.15) is 5.82 Å². The number of hydrogen-bond donors (Lipinski definition) is 0. The van der Waals surface area contributed by atoms with Crippen molar-refractivity contribution in [1.82, 2.24) is 14.7 Å². The molecule has 0 saturated heterocycles. The van der Waals surface area contributed by atoms with E-state index >= 15 is 0 Å². The lowest BCUT2D eigenvalue weighted by Gasteiger charge is -2.17. The van der Waals surface area contributed by atoms with E-state index < -0.39 is 0 Å². The summed E-state index contributed by atoms with van der Waals surface area (Å²) >= 11 is 0. The fourth-order valence-electron chi connectivity index (χ4n) is 3.25. The van der Waals surface area contributed by atoms with Crippen LogP contribution < -0.4 is 9.47 Å². The van der Waals surface area contributed by atoms with Crippen LogP contribution in [0.15, 0.2) is 54.7 Å². The predicted molar refractivity (Wildman–Crippen MR) is 100 cm³/mol. The van der Waals surface area contributed by atoms with E-state index in [4.69, 9.17) is 9.47 Å². The largest absolute Gasteiger partial charge is 0.493 e. The van der Waals surface area contributed by atoms with E-state index in [1.807, 2.05) is 16.8 Å². The average molecular weight is 381 g/mol. The van der Waals surface area contributed by atoms with Crippen LogP contribution in [-0.4, -0.2) is 34.3 Å². The van der Waals surface area contributed by atoms with Gasteiger partial charge in [-0.3, -0.25) is 9.48 Å². The molecule has 3 aromatic rings. The molecule has 0 unspecified atom stereocenters. The van der Waals surface area contributed by atoms with Gasteiger partial charge in [0, 0.05) is 12.1 Å². The number of halogens is 1. The molecule has 7 heteroatoms. The topological polar surface area (TPSA) is 56.6 Å². The quantitative estimate of drug-likeness (QED) is 0.659. The number of carbonyl (C=O) groups excluding carboxylic acids is 1. The lowest BCUT2D eigenvalue weighted by atomic mass is 10.2. The Morgan fingerprint density at radius 3 is 2.61 bits per heavy atom. The summed E-state index contributed by atoms with van der Waals surface area (Å²) in [6.45, 7) is 1.46. The highest BCUT2D eigenvalue weighted by Crippen LogP contribution is 2.27. The van der Waals surface area contributed by atoms with Crippen molar-refractivity contribution >= 4 is 5.91 Å². The van der Waals surface area contributed by atoms with Crippen molar-refractivity contribution in [2.75, 3.05) is 13.7 Å². The molecule has 0 saturated carbocycles. The lowest BCUT2D eigenvalue weighted by molar-refractivity contribution is -0.134. The summed E-state index contributed by atoms with van der Waals surface area (Å²) < 4.78 is 25.8. The number of fused-ring (bicyclic) bond motifs is 1. The molecule has 0 aliphatic carbocycles. The monoisotopic (exact) mass is 381 g/mol. The van der Waals surface area contributed by atoms with E-state index in [9.17, 15) is 9.18 Å². The number of aromatic nitrogens is 2. The first-order valence-electron chi connectivity index (χ1n) is 8.95. The number of nitrogens with zero attached hydrogens (tertiary/aromatic N) is 3. The molecule has 0 N–H and O–H groups in total. The standard InChI is InChI=1S/C21H20FN3O3/c1-27-19-4-2-3-5-20(19)28-14-21(26)24-12-16-10-23-25(18(16)13-24)11-15-6-8-17(22)9-7-15/h2-10H,11-14H2,1H3. The number of carbonyl (C=O) groups is 1. The molecule has 4 rings (SSSR count). The van der Waals surface area contributed by atoms with E-state index in [1.165, 1.54) is 12.1 Å².